The van der Waals surface area contributed by atoms with Crippen LogP contribution in [0.5, 0.6) is 0 Å². The molecule has 18 heavy (non-hydrogen) atoms. The summed E-state index contributed by atoms with van der Waals surface area (Å²) in [6.07, 6.45) is 0. The van der Waals surface area contributed by atoms with Gasteiger partial charge < -0.3 is 5.32 Å². The van der Waals surface area contributed by atoms with Gasteiger partial charge >= 0.3 is 0 Å². The number of thiophene rings is 1. The summed E-state index contributed by atoms with van der Waals surface area (Å²) in [5.41, 5.74) is 2.75. The summed E-state index contributed by atoms with van der Waals surface area (Å²) in [4.78, 5) is 1.38. The Balaban J connectivity index is 2.26. The van der Waals surface area contributed by atoms with Crippen molar-refractivity contribution in [1.29, 1.82) is 0 Å². The lowest BCUT2D eigenvalue weighted by atomic mass is 9.98. The second kappa shape index (κ2) is 6.17. The zero-order chi connectivity index (χ0) is 13.0. The highest BCUT2D eigenvalue weighted by atomic mass is 32.1. The van der Waals surface area contributed by atoms with E-state index in [2.05, 4.69) is 67.9 Å². The molecule has 1 atom stereocenters. The lowest BCUT2D eigenvalue weighted by Crippen LogP contribution is -2.21. The van der Waals surface area contributed by atoms with Gasteiger partial charge in [0.25, 0.3) is 0 Å². The highest BCUT2D eigenvalue weighted by Crippen LogP contribution is 2.27. The first-order valence-electron chi connectivity index (χ1n) is 6.59. The van der Waals surface area contributed by atoms with Gasteiger partial charge in [0.15, 0.2) is 0 Å². The standard InChI is InChI=1S/C16H21NS/c1-4-17-16(15-6-5-11-18-15)14-9-7-13(8-10-14)12(2)3/h5-12,16-17H,4H2,1-3H3. The molecule has 1 nitrogen and oxygen atoms in total. The van der Waals surface area contributed by atoms with Crippen LogP contribution >= 0.6 is 11.3 Å². The first-order valence-corrected chi connectivity index (χ1v) is 7.47. The minimum atomic E-state index is 0.330. The quantitative estimate of drug-likeness (QED) is 0.829. The molecule has 96 valence electrons. The minimum Gasteiger partial charge on any atom is -0.306 e. The molecule has 0 fully saturated rings. The number of rotatable bonds is 5. The molecular weight excluding hydrogens is 238 g/mol. The van der Waals surface area contributed by atoms with Crippen molar-refractivity contribution in [2.24, 2.45) is 0 Å². The Labute approximate surface area is 114 Å². The van der Waals surface area contributed by atoms with Crippen LogP contribution in [0.2, 0.25) is 0 Å². The van der Waals surface area contributed by atoms with Crippen molar-refractivity contribution in [3.8, 4) is 0 Å². The summed E-state index contributed by atoms with van der Waals surface area (Å²) < 4.78 is 0. The third kappa shape index (κ3) is 3.01. The summed E-state index contributed by atoms with van der Waals surface area (Å²) in [5, 5.41) is 5.70. The molecule has 0 amide bonds. The van der Waals surface area contributed by atoms with E-state index in [9.17, 15) is 0 Å². The minimum absolute atomic E-state index is 0.330. The van der Waals surface area contributed by atoms with Gasteiger partial charge in [0.05, 0.1) is 6.04 Å². The van der Waals surface area contributed by atoms with Crippen molar-refractivity contribution in [2.75, 3.05) is 6.54 Å². The van der Waals surface area contributed by atoms with Crippen LogP contribution in [0.25, 0.3) is 0 Å². The maximum absolute atomic E-state index is 3.56. The van der Waals surface area contributed by atoms with Gasteiger partial charge in [0.1, 0.15) is 0 Å². The summed E-state index contributed by atoms with van der Waals surface area (Å²) in [7, 11) is 0. The summed E-state index contributed by atoms with van der Waals surface area (Å²) in [5.74, 6) is 0.596. The van der Waals surface area contributed by atoms with Crippen LogP contribution in [-0.2, 0) is 0 Å². The highest BCUT2D eigenvalue weighted by molar-refractivity contribution is 7.10. The fourth-order valence-electron chi connectivity index (χ4n) is 2.12. The van der Waals surface area contributed by atoms with Gasteiger partial charge in [-0.05, 0) is 35.0 Å². The van der Waals surface area contributed by atoms with Crippen molar-refractivity contribution >= 4 is 11.3 Å². The molecular formula is C16H21NS. The molecule has 0 aliphatic carbocycles. The van der Waals surface area contributed by atoms with Crippen LogP contribution in [0, 0.1) is 0 Å². The summed E-state index contributed by atoms with van der Waals surface area (Å²) in [6, 6.07) is 13.7. The Kier molecular flexibility index (Phi) is 4.56. The molecule has 2 heteroatoms. The fraction of sp³-hybridized carbons (Fsp3) is 0.375. The van der Waals surface area contributed by atoms with Crippen LogP contribution in [0.3, 0.4) is 0 Å². The summed E-state index contributed by atoms with van der Waals surface area (Å²) in [6.45, 7) is 7.60. The van der Waals surface area contributed by atoms with Gasteiger partial charge in [-0.2, -0.15) is 0 Å². The second-order valence-electron chi connectivity index (χ2n) is 4.83. The maximum Gasteiger partial charge on any atom is 0.0670 e. The van der Waals surface area contributed by atoms with Crippen molar-refractivity contribution < 1.29 is 0 Å². The van der Waals surface area contributed by atoms with Crippen LogP contribution in [0.4, 0.5) is 0 Å². The Hall–Kier alpha value is -1.12. The third-order valence-electron chi connectivity index (χ3n) is 3.17. The Morgan fingerprint density at radius 2 is 1.72 bits per heavy atom. The van der Waals surface area contributed by atoms with E-state index in [1.54, 1.807) is 0 Å². The van der Waals surface area contributed by atoms with Crippen LogP contribution in [0.15, 0.2) is 41.8 Å². The average molecular weight is 259 g/mol. The topological polar surface area (TPSA) is 12.0 Å². The first kappa shape index (κ1) is 13.3. The van der Waals surface area contributed by atoms with Crippen LogP contribution in [-0.4, -0.2) is 6.54 Å². The molecule has 0 aliphatic heterocycles. The van der Waals surface area contributed by atoms with Crippen LogP contribution < -0.4 is 5.32 Å². The second-order valence-corrected chi connectivity index (χ2v) is 5.81. The number of hydrogen-bond donors (Lipinski definition) is 1. The number of benzene rings is 1. The van der Waals surface area contributed by atoms with Gasteiger partial charge in [0, 0.05) is 4.88 Å². The molecule has 2 aromatic rings. The van der Waals surface area contributed by atoms with Gasteiger partial charge in [-0.25, -0.2) is 0 Å². The molecule has 0 saturated carbocycles. The number of nitrogens with one attached hydrogen (secondary N) is 1. The van der Waals surface area contributed by atoms with Crippen molar-refractivity contribution in [3.63, 3.8) is 0 Å². The largest absolute Gasteiger partial charge is 0.306 e. The lowest BCUT2D eigenvalue weighted by Gasteiger charge is -2.17. The lowest BCUT2D eigenvalue weighted by molar-refractivity contribution is 0.639. The van der Waals surface area contributed by atoms with E-state index in [-0.39, 0.29) is 0 Å². The average Bonchev–Trinajstić information content (AvgIpc) is 2.90. The summed E-state index contributed by atoms with van der Waals surface area (Å²) >= 11 is 1.81. The zero-order valence-corrected chi connectivity index (χ0v) is 12.1. The van der Waals surface area contributed by atoms with Gasteiger partial charge in [-0.1, -0.05) is 51.1 Å². The van der Waals surface area contributed by atoms with Crippen molar-refractivity contribution in [3.05, 3.63) is 57.8 Å². The molecule has 0 radical (unpaired) electrons. The molecule has 1 N–H and O–H groups in total. The molecule has 0 aliphatic rings. The highest BCUT2D eigenvalue weighted by Gasteiger charge is 2.13. The van der Waals surface area contributed by atoms with E-state index in [4.69, 9.17) is 0 Å². The van der Waals surface area contributed by atoms with Crippen molar-refractivity contribution in [1.82, 2.24) is 5.32 Å². The first-order chi connectivity index (χ1) is 8.72. The fourth-order valence-corrected chi connectivity index (χ4v) is 2.94. The predicted molar refractivity (Wildman–Crippen MR) is 80.4 cm³/mol. The Morgan fingerprint density at radius 1 is 1.06 bits per heavy atom. The Morgan fingerprint density at radius 3 is 2.22 bits per heavy atom. The monoisotopic (exact) mass is 259 g/mol. The van der Waals surface area contributed by atoms with E-state index in [1.165, 1.54) is 16.0 Å². The molecule has 1 aromatic carbocycles. The number of hydrogen-bond acceptors (Lipinski definition) is 2. The molecule has 2 rings (SSSR count). The normalized spacial score (nSPS) is 12.9. The van der Waals surface area contributed by atoms with E-state index in [0.717, 1.165) is 6.54 Å². The molecule has 1 aromatic heterocycles. The maximum atomic E-state index is 3.56. The molecule has 0 bridgehead atoms. The smallest absolute Gasteiger partial charge is 0.0670 e. The SMILES string of the molecule is CCNC(c1ccc(C(C)C)cc1)c1cccs1. The van der Waals surface area contributed by atoms with E-state index < -0.39 is 0 Å². The Bertz CT molecular complexity index is 456. The van der Waals surface area contributed by atoms with Gasteiger partial charge in [-0.3, -0.25) is 0 Å². The molecule has 1 unspecified atom stereocenters. The van der Waals surface area contributed by atoms with Crippen molar-refractivity contribution in [2.45, 2.75) is 32.7 Å². The van der Waals surface area contributed by atoms with E-state index in [0.29, 0.717) is 12.0 Å². The molecule has 0 spiro atoms. The van der Waals surface area contributed by atoms with Gasteiger partial charge in [0.2, 0.25) is 0 Å². The van der Waals surface area contributed by atoms with Crippen LogP contribution in [0.1, 0.15) is 48.7 Å². The molecule has 1 heterocycles. The predicted octanol–water partition coefficient (Wildman–Crippen LogP) is 4.57. The van der Waals surface area contributed by atoms with E-state index >= 15 is 0 Å². The molecule has 0 saturated heterocycles. The van der Waals surface area contributed by atoms with E-state index in [1.807, 2.05) is 11.3 Å². The van der Waals surface area contributed by atoms with Gasteiger partial charge in [-0.15, -0.1) is 11.3 Å². The zero-order valence-electron chi connectivity index (χ0n) is 11.3. The third-order valence-corrected chi connectivity index (χ3v) is 4.11.